The number of nitrogens with one attached hydrogen (secondary N) is 1. The van der Waals surface area contributed by atoms with Crippen LogP contribution in [0, 0.1) is 0 Å². The molecule has 0 amide bonds. The molecule has 1 unspecified atom stereocenters. The zero-order valence-corrected chi connectivity index (χ0v) is 9.25. The first-order chi connectivity index (χ1) is 7.29. The third-order valence-corrected chi connectivity index (χ3v) is 2.55. The van der Waals surface area contributed by atoms with E-state index in [9.17, 15) is 0 Å². The van der Waals surface area contributed by atoms with E-state index in [0.29, 0.717) is 12.6 Å². The standard InChI is InChI=1S/C12H17NO2/c1-9(6-14-2)13-12-4-3-10-7-15-8-11(10)5-12/h3-5,9,13H,6-8H2,1-2H3. The number of anilines is 1. The lowest BCUT2D eigenvalue weighted by Gasteiger charge is -2.14. The summed E-state index contributed by atoms with van der Waals surface area (Å²) < 4.78 is 10.5. The fourth-order valence-electron chi connectivity index (χ4n) is 1.84. The van der Waals surface area contributed by atoms with Crippen LogP contribution in [0.3, 0.4) is 0 Å². The van der Waals surface area contributed by atoms with Gasteiger partial charge in [-0.3, -0.25) is 0 Å². The molecule has 0 spiro atoms. The highest BCUT2D eigenvalue weighted by molar-refractivity contribution is 5.49. The van der Waals surface area contributed by atoms with E-state index in [1.807, 2.05) is 0 Å². The zero-order valence-electron chi connectivity index (χ0n) is 9.25. The van der Waals surface area contributed by atoms with Crippen LogP contribution in [0.4, 0.5) is 5.69 Å². The van der Waals surface area contributed by atoms with E-state index in [1.165, 1.54) is 11.1 Å². The zero-order chi connectivity index (χ0) is 10.7. The van der Waals surface area contributed by atoms with Crippen LogP contribution in [0.15, 0.2) is 18.2 Å². The van der Waals surface area contributed by atoms with Gasteiger partial charge < -0.3 is 14.8 Å². The van der Waals surface area contributed by atoms with Gasteiger partial charge in [-0.1, -0.05) is 6.07 Å². The van der Waals surface area contributed by atoms with Crippen molar-refractivity contribution in [3.05, 3.63) is 29.3 Å². The minimum Gasteiger partial charge on any atom is -0.383 e. The molecule has 1 aliphatic heterocycles. The molecule has 0 bridgehead atoms. The van der Waals surface area contributed by atoms with E-state index in [2.05, 4.69) is 30.4 Å². The fourth-order valence-corrected chi connectivity index (χ4v) is 1.84. The molecule has 0 saturated heterocycles. The summed E-state index contributed by atoms with van der Waals surface area (Å²) in [5, 5.41) is 3.39. The summed E-state index contributed by atoms with van der Waals surface area (Å²) in [4.78, 5) is 0. The van der Waals surface area contributed by atoms with Crippen LogP contribution < -0.4 is 5.32 Å². The van der Waals surface area contributed by atoms with Crippen LogP contribution >= 0.6 is 0 Å². The highest BCUT2D eigenvalue weighted by atomic mass is 16.5. The largest absolute Gasteiger partial charge is 0.383 e. The maximum Gasteiger partial charge on any atom is 0.0725 e. The Morgan fingerprint density at radius 3 is 3.00 bits per heavy atom. The van der Waals surface area contributed by atoms with Crippen LogP contribution in [0.2, 0.25) is 0 Å². The van der Waals surface area contributed by atoms with Gasteiger partial charge in [0.15, 0.2) is 0 Å². The van der Waals surface area contributed by atoms with Crippen molar-refractivity contribution in [1.82, 2.24) is 0 Å². The van der Waals surface area contributed by atoms with Crippen molar-refractivity contribution in [3.8, 4) is 0 Å². The van der Waals surface area contributed by atoms with Crippen LogP contribution in [0.1, 0.15) is 18.1 Å². The van der Waals surface area contributed by atoms with Crippen molar-refractivity contribution in [1.29, 1.82) is 0 Å². The van der Waals surface area contributed by atoms with E-state index in [0.717, 1.165) is 18.9 Å². The van der Waals surface area contributed by atoms with Crippen molar-refractivity contribution >= 4 is 5.69 Å². The Kier molecular flexibility index (Phi) is 3.23. The molecule has 0 aromatic heterocycles. The van der Waals surface area contributed by atoms with Crippen molar-refractivity contribution in [2.24, 2.45) is 0 Å². The molecule has 0 saturated carbocycles. The van der Waals surface area contributed by atoms with Gasteiger partial charge in [0.1, 0.15) is 0 Å². The Morgan fingerprint density at radius 1 is 1.40 bits per heavy atom. The van der Waals surface area contributed by atoms with Gasteiger partial charge in [-0.2, -0.15) is 0 Å². The van der Waals surface area contributed by atoms with Crippen LogP contribution in [-0.2, 0) is 22.7 Å². The molecule has 0 radical (unpaired) electrons. The molecular formula is C12H17NO2. The molecule has 2 rings (SSSR count). The number of hydrogen-bond acceptors (Lipinski definition) is 3. The second-order valence-corrected chi connectivity index (χ2v) is 3.98. The molecule has 1 atom stereocenters. The van der Waals surface area contributed by atoms with Gasteiger partial charge in [0, 0.05) is 18.8 Å². The lowest BCUT2D eigenvalue weighted by Crippen LogP contribution is -2.20. The van der Waals surface area contributed by atoms with Gasteiger partial charge >= 0.3 is 0 Å². The fraction of sp³-hybridized carbons (Fsp3) is 0.500. The molecule has 82 valence electrons. The van der Waals surface area contributed by atoms with Crippen molar-refractivity contribution in [3.63, 3.8) is 0 Å². The van der Waals surface area contributed by atoms with Crippen LogP contribution in [0.5, 0.6) is 0 Å². The maximum atomic E-state index is 5.37. The van der Waals surface area contributed by atoms with Gasteiger partial charge in [-0.25, -0.2) is 0 Å². The third kappa shape index (κ3) is 2.49. The Bertz CT molecular complexity index is 338. The predicted molar refractivity (Wildman–Crippen MR) is 59.9 cm³/mol. The Morgan fingerprint density at radius 2 is 2.20 bits per heavy atom. The maximum absolute atomic E-state index is 5.37. The molecule has 0 fully saturated rings. The SMILES string of the molecule is COCC(C)Nc1ccc2c(c1)COC2. The first-order valence-electron chi connectivity index (χ1n) is 5.24. The number of methoxy groups -OCH3 is 1. The molecule has 0 aliphatic carbocycles. The molecule has 1 N–H and O–H groups in total. The Balaban J connectivity index is 2.03. The van der Waals surface area contributed by atoms with Crippen molar-refractivity contribution in [2.45, 2.75) is 26.2 Å². The average molecular weight is 207 g/mol. The van der Waals surface area contributed by atoms with E-state index < -0.39 is 0 Å². The van der Waals surface area contributed by atoms with Gasteiger partial charge in [-0.05, 0) is 30.2 Å². The Labute approximate surface area is 90.4 Å². The number of fused-ring (bicyclic) bond motifs is 1. The highest BCUT2D eigenvalue weighted by Gasteiger charge is 2.11. The smallest absolute Gasteiger partial charge is 0.0725 e. The summed E-state index contributed by atoms with van der Waals surface area (Å²) in [6.07, 6.45) is 0. The molecular weight excluding hydrogens is 190 g/mol. The number of ether oxygens (including phenoxy) is 2. The average Bonchev–Trinajstić information content (AvgIpc) is 2.65. The lowest BCUT2D eigenvalue weighted by molar-refractivity contribution is 0.134. The summed E-state index contributed by atoms with van der Waals surface area (Å²) in [7, 11) is 1.72. The quantitative estimate of drug-likeness (QED) is 0.820. The van der Waals surface area contributed by atoms with E-state index in [1.54, 1.807) is 7.11 Å². The number of rotatable bonds is 4. The predicted octanol–water partition coefficient (Wildman–Crippen LogP) is 2.16. The van der Waals surface area contributed by atoms with E-state index in [4.69, 9.17) is 9.47 Å². The second kappa shape index (κ2) is 4.64. The minimum absolute atomic E-state index is 0.329. The van der Waals surface area contributed by atoms with E-state index in [-0.39, 0.29) is 0 Å². The van der Waals surface area contributed by atoms with Crippen LogP contribution in [-0.4, -0.2) is 19.8 Å². The first kappa shape index (κ1) is 10.5. The molecule has 15 heavy (non-hydrogen) atoms. The summed E-state index contributed by atoms with van der Waals surface area (Å²) in [6.45, 7) is 4.31. The van der Waals surface area contributed by atoms with Crippen LogP contribution in [0.25, 0.3) is 0 Å². The van der Waals surface area contributed by atoms with Crippen molar-refractivity contribution < 1.29 is 9.47 Å². The number of hydrogen-bond donors (Lipinski definition) is 1. The van der Waals surface area contributed by atoms with Crippen molar-refractivity contribution in [2.75, 3.05) is 19.0 Å². The van der Waals surface area contributed by atoms with Gasteiger partial charge in [0.2, 0.25) is 0 Å². The molecule has 1 aromatic rings. The van der Waals surface area contributed by atoms with Gasteiger partial charge in [-0.15, -0.1) is 0 Å². The molecule has 3 nitrogen and oxygen atoms in total. The summed E-state index contributed by atoms with van der Waals surface area (Å²) in [5.74, 6) is 0. The minimum atomic E-state index is 0.329. The monoisotopic (exact) mass is 207 g/mol. The summed E-state index contributed by atoms with van der Waals surface area (Å²) in [6, 6.07) is 6.72. The van der Waals surface area contributed by atoms with Gasteiger partial charge in [0.05, 0.1) is 19.8 Å². The second-order valence-electron chi connectivity index (χ2n) is 3.98. The van der Waals surface area contributed by atoms with Gasteiger partial charge in [0.25, 0.3) is 0 Å². The molecule has 1 aliphatic rings. The molecule has 3 heteroatoms. The normalized spacial score (nSPS) is 16.1. The third-order valence-electron chi connectivity index (χ3n) is 2.55. The lowest BCUT2D eigenvalue weighted by atomic mass is 10.1. The first-order valence-corrected chi connectivity index (χ1v) is 5.24. The topological polar surface area (TPSA) is 30.5 Å². The van der Waals surface area contributed by atoms with E-state index >= 15 is 0 Å². The number of benzene rings is 1. The molecule has 1 aromatic carbocycles. The summed E-state index contributed by atoms with van der Waals surface area (Å²) >= 11 is 0. The summed E-state index contributed by atoms with van der Waals surface area (Å²) in [5.41, 5.74) is 3.74. The molecule has 1 heterocycles. The Hall–Kier alpha value is -1.06. The highest BCUT2D eigenvalue weighted by Crippen LogP contribution is 2.23.